The van der Waals surface area contributed by atoms with Gasteiger partial charge >= 0.3 is 0 Å². The highest BCUT2D eigenvalue weighted by molar-refractivity contribution is 5.93. The maximum atomic E-state index is 11.8. The van der Waals surface area contributed by atoms with E-state index in [1.54, 1.807) is 0 Å². The van der Waals surface area contributed by atoms with Gasteiger partial charge in [0.1, 0.15) is 0 Å². The Morgan fingerprint density at radius 2 is 2.05 bits per heavy atom. The number of hydrogen-bond donors (Lipinski definition) is 2. The number of hydrogen-bond acceptors (Lipinski definition) is 3. The van der Waals surface area contributed by atoms with Crippen LogP contribution in [0, 0.1) is 0 Å². The Morgan fingerprint density at radius 1 is 1.32 bits per heavy atom. The molecule has 1 saturated heterocycles. The van der Waals surface area contributed by atoms with Crippen LogP contribution < -0.4 is 10.6 Å². The summed E-state index contributed by atoms with van der Waals surface area (Å²) in [6.07, 6.45) is 7.77. The van der Waals surface area contributed by atoms with E-state index >= 15 is 0 Å². The van der Waals surface area contributed by atoms with Crippen molar-refractivity contribution < 1.29 is 9.53 Å². The van der Waals surface area contributed by atoms with E-state index in [4.69, 9.17) is 4.74 Å². The third-order valence-corrected chi connectivity index (χ3v) is 4.06. The molecule has 0 bridgehead atoms. The van der Waals surface area contributed by atoms with Crippen molar-refractivity contribution in [1.29, 1.82) is 0 Å². The highest BCUT2D eigenvalue weighted by atomic mass is 16.5. The Bertz CT molecular complexity index is 327. The summed E-state index contributed by atoms with van der Waals surface area (Å²) in [4.78, 5) is 11.8. The van der Waals surface area contributed by atoms with Gasteiger partial charge in [-0.05, 0) is 31.8 Å². The van der Waals surface area contributed by atoms with Crippen LogP contribution in [0.2, 0.25) is 0 Å². The van der Waals surface area contributed by atoms with Gasteiger partial charge in [0.25, 0.3) is 0 Å². The van der Waals surface area contributed by atoms with E-state index < -0.39 is 0 Å². The van der Waals surface area contributed by atoms with Crippen LogP contribution in [0.1, 0.15) is 45.4 Å². The highest BCUT2D eigenvalue weighted by Gasteiger charge is 2.16. The van der Waals surface area contributed by atoms with Crippen molar-refractivity contribution in [2.75, 3.05) is 26.2 Å². The van der Waals surface area contributed by atoms with Crippen molar-refractivity contribution in [3.63, 3.8) is 0 Å². The van der Waals surface area contributed by atoms with E-state index in [2.05, 4.69) is 10.6 Å². The lowest BCUT2D eigenvalue weighted by Crippen LogP contribution is -2.38. The molecule has 0 radical (unpaired) electrons. The minimum absolute atomic E-state index is 0.0779. The second-order valence-electron chi connectivity index (χ2n) is 5.57. The van der Waals surface area contributed by atoms with Gasteiger partial charge < -0.3 is 15.4 Å². The Balaban J connectivity index is 1.52. The second-order valence-corrected chi connectivity index (χ2v) is 5.57. The summed E-state index contributed by atoms with van der Waals surface area (Å²) in [5.41, 5.74) is 2.11. The number of rotatable bonds is 6. The zero-order valence-corrected chi connectivity index (χ0v) is 12.0. The molecule has 1 saturated carbocycles. The lowest BCUT2D eigenvalue weighted by atomic mass is 9.98. The van der Waals surface area contributed by atoms with Crippen LogP contribution >= 0.6 is 0 Å². The summed E-state index contributed by atoms with van der Waals surface area (Å²) < 4.78 is 5.83. The number of carbonyl (C=O) groups excluding carboxylic acids is 1. The molecule has 0 atom stereocenters. The molecule has 2 aliphatic rings. The molecule has 1 aliphatic carbocycles. The fraction of sp³-hybridized carbons (Fsp3) is 0.800. The largest absolute Gasteiger partial charge is 0.378 e. The molecule has 2 rings (SSSR count). The Hall–Kier alpha value is -0.870. The van der Waals surface area contributed by atoms with E-state index in [1.807, 2.05) is 6.92 Å². The van der Waals surface area contributed by atoms with Crippen LogP contribution in [0.25, 0.3) is 0 Å². The molecule has 19 heavy (non-hydrogen) atoms. The highest BCUT2D eigenvalue weighted by Crippen LogP contribution is 2.20. The predicted octanol–water partition coefficient (Wildman–Crippen LogP) is 1.76. The maximum Gasteiger partial charge on any atom is 0.246 e. The minimum atomic E-state index is 0.0779. The van der Waals surface area contributed by atoms with E-state index in [-0.39, 0.29) is 5.91 Å². The lowest BCUT2D eigenvalue weighted by Gasteiger charge is -2.22. The summed E-state index contributed by atoms with van der Waals surface area (Å²) >= 11 is 0. The third-order valence-electron chi connectivity index (χ3n) is 4.06. The van der Waals surface area contributed by atoms with Crippen LogP contribution in [0.15, 0.2) is 11.1 Å². The fourth-order valence-corrected chi connectivity index (χ4v) is 2.56. The molecule has 1 heterocycles. The molecule has 1 amide bonds. The number of carbonyl (C=O) groups is 1. The molecule has 2 fully saturated rings. The van der Waals surface area contributed by atoms with Gasteiger partial charge in [0.2, 0.25) is 5.91 Å². The Kier molecular flexibility index (Phi) is 5.86. The van der Waals surface area contributed by atoms with Gasteiger partial charge in [0, 0.05) is 31.8 Å². The first-order valence-electron chi connectivity index (χ1n) is 7.56. The van der Waals surface area contributed by atoms with Crippen LogP contribution in [0.3, 0.4) is 0 Å². The molecule has 2 N–H and O–H groups in total. The molecular weight excluding hydrogens is 240 g/mol. The third kappa shape index (κ3) is 4.62. The average molecular weight is 266 g/mol. The maximum absolute atomic E-state index is 11.8. The SMILES string of the molecule is CC(C(=O)NCCCOC1CCCCC1)=C1CNC1. The van der Waals surface area contributed by atoms with Crippen molar-refractivity contribution in [2.24, 2.45) is 0 Å². The zero-order chi connectivity index (χ0) is 13.5. The zero-order valence-electron chi connectivity index (χ0n) is 12.0. The number of amides is 1. The average Bonchev–Trinajstić information content (AvgIpc) is 2.37. The van der Waals surface area contributed by atoms with Gasteiger partial charge in [-0.3, -0.25) is 4.79 Å². The van der Waals surface area contributed by atoms with Crippen molar-refractivity contribution in [2.45, 2.75) is 51.6 Å². The van der Waals surface area contributed by atoms with E-state index in [0.717, 1.165) is 31.7 Å². The summed E-state index contributed by atoms with van der Waals surface area (Å²) in [6.45, 7) is 5.11. The quantitative estimate of drug-likeness (QED) is 0.569. The van der Waals surface area contributed by atoms with E-state index in [1.165, 1.54) is 37.7 Å². The van der Waals surface area contributed by atoms with Gasteiger partial charge in [-0.15, -0.1) is 0 Å². The topological polar surface area (TPSA) is 50.4 Å². The molecule has 0 unspecified atom stereocenters. The fourth-order valence-electron chi connectivity index (χ4n) is 2.56. The van der Waals surface area contributed by atoms with Crippen molar-refractivity contribution in [3.05, 3.63) is 11.1 Å². The molecule has 0 aromatic heterocycles. The van der Waals surface area contributed by atoms with Gasteiger partial charge in [-0.25, -0.2) is 0 Å². The minimum Gasteiger partial charge on any atom is -0.378 e. The van der Waals surface area contributed by atoms with Crippen LogP contribution in [-0.4, -0.2) is 38.3 Å². The molecule has 0 spiro atoms. The molecular formula is C15H26N2O2. The summed E-state index contributed by atoms with van der Waals surface area (Å²) in [5.74, 6) is 0.0779. The van der Waals surface area contributed by atoms with E-state index in [0.29, 0.717) is 12.6 Å². The Morgan fingerprint density at radius 3 is 2.68 bits per heavy atom. The summed E-state index contributed by atoms with van der Waals surface area (Å²) in [7, 11) is 0. The summed E-state index contributed by atoms with van der Waals surface area (Å²) in [5, 5.41) is 6.12. The molecule has 1 aliphatic heterocycles. The van der Waals surface area contributed by atoms with Crippen molar-refractivity contribution in [1.82, 2.24) is 10.6 Å². The predicted molar refractivity (Wildman–Crippen MR) is 76.0 cm³/mol. The first kappa shape index (κ1) is 14.5. The van der Waals surface area contributed by atoms with Gasteiger partial charge in [0.05, 0.1) is 6.10 Å². The van der Waals surface area contributed by atoms with E-state index in [9.17, 15) is 4.79 Å². The lowest BCUT2D eigenvalue weighted by molar-refractivity contribution is -0.117. The standard InChI is InChI=1S/C15H26N2O2/c1-12(13-10-16-11-13)15(18)17-8-5-9-19-14-6-3-2-4-7-14/h14,16H,2-11H2,1H3,(H,17,18). The first-order chi connectivity index (χ1) is 9.27. The van der Waals surface area contributed by atoms with Crippen LogP contribution in [0.4, 0.5) is 0 Å². The summed E-state index contributed by atoms with van der Waals surface area (Å²) in [6, 6.07) is 0. The van der Waals surface area contributed by atoms with Gasteiger partial charge in [0.15, 0.2) is 0 Å². The molecule has 4 nitrogen and oxygen atoms in total. The Labute approximate surface area is 116 Å². The molecule has 0 aromatic rings. The van der Waals surface area contributed by atoms with Gasteiger partial charge in [-0.2, -0.15) is 0 Å². The molecule has 0 aromatic carbocycles. The van der Waals surface area contributed by atoms with Crippen molar-refractivity contribution in [3.8, 4) is 0 Å². The van der Waals surface area contributed by atoms with Crippen molar-refractivity contribution >= 4 is 5.91 Å². The smallest absolute Gasteiger partial charge is 0.246 e. The molecule has 108 valence electrons. The van der Waals surface area contributed by atoms with Gasteiger partial charge in [-0.1, -0.05) is 19.3 Å². The molecule has 4 heteroatoms. The monoisotopic (exact) mass is 266 g/mol. The normalized spacial score (nSPS) is 19.9. The van der Waals surface area contributed by atoms with Crippen LogP contribution in [0.5, 0.6) is 0 Å². The number of nitrogens with one attached hydrogen (secondary N) is 2. The first-order valence-corrected chi connectivity index (χ1v) is 7.56. The number of ether oxygens (including phenoxy) is 1. The van der Waals surface area contributed by atoms with Crippen LogP contribution in [-0.2, 0) is 9.53 Å². The second kappa shape index (κ2) is 7.65.